The van der Waals surface area contributed by atoms with Gasteiger partial charge in [-0.05, 0) is 49.2 Å². The highest BCUT2D eigenvalue weighted by molar-refractivity contribution is 6.31. The summed E-state index contributed by atoms with van der Waals surface area (Å²) >= 11 is 11.1. The first-order valence-corrected chi connectivity index (χ1v) is 20.0. The summed E-state index contributed by atoms with van der Waals surface area (Å²) in [5.41, 5.74) is 16.1. The first kappa shape index (κ1) is 48.0. The summed E-state index contributed by atoms with van der Waals surface area (Å²) in [6.45, 7) is 9.92. The third kappa shape index (κ3) is 16.0. The van der Waals surface area contributed by atoms with Gasteiger partial charge in [-0.25, -0.2) is 8.78 Å². The third-order valence-electron chi connectivity index (χ3n) is 9.02. The molecule has 0 amide bonds. The quantitative estimate of drug-likeness (QED) is 0.0451. The number of nitrogens with two attached hydrogens (primary N) is 2. The molecule has 0 radical (unpaired) electrons. The number of benzene rings is 4. The molecule has 19 heteroatoms. The molecular formula is C42H49Cl2F2N9O6. The summed E-state index contributed by atoms with van der Waals surface area (Å²) < 4.78 is 58.4. The number of ether oxygens (including phenoxy) is 6. The molecule has 0 aromatic heterocycles. The first-order valence-electron chi connectivity index (χ1n) is 19.2. The maximum absolute atomic E-state index is 13.2. The third-order valence-corrected chi connectivity index (χ3v) is 9.60. The predicted molar refractivity (Wildman–Crippen MR) is 230 cm³/mol. The van der Waals surface area contributed by atoms with E-state index in [1.807, 2.05) is 6.07 Å². The summed E-state index contributed by atoms with van der Waals surface area (Å²) in [5, 5.41) is 26.3. The van der Waals surface area contributed by atoms with E-state index in [1.165, 1.54) is 43.5 Å². The number of methoxy groups -OCH3 is 2. The number of nitrogen functional groups attached to an aromatic ring is 2. The Kier molecular flexibility index (Phi) is 20.3. The molecule has 0 saturated carbocycles. The molecule has 2 aliphatic rings. The van der Waals surface area contributed by atoms with Crippen LogP contribution in [0.4, 0.5) is 31.5 Å². The Morgan fingerprint density at radius 3 is 1.70 bits per heavy atom. The van der Waals surface area contributed by atoms with Crippen molar-refractivity contribution < 1.29 is 37.2 Å². The maximum Gasteiger partial charge on any atom is 0.163 e. The van der Waals surface area contributed by atoms with Crippen molar-refractivity contribution in [3.8, 4) is 35.1 Å². The van der Waals surface area contributed by atoms with E-state index >= 15 is 0 Å². The molecule has 6 rings (SSSR count). The topological polar surface area (TPSA) is 198 Å². The number of nitriles is 2. The Balaban J connectivity index is 0.000000233. The van der Waals surface area contributed by atoms with E-state index in [4.69, 9.17) is 68.4 Å². The van der Waals surface area contributed by atoms with Crippen LogP contribution in [0.5, 0.6) is 23.0 Å². The van der Waals surface area contributed by atoms with E-state index in [0.29, 0.717) is 64.5 Å². The van der Waals surface area contributed by atoms with Crippen LogP contribution in [0.2, 0.25) is 10.0 Å². The second-order valence-corrected chi connectivity index (χ2v) is 14.1. The fraction of sp³-hybridized carbons (Fsp3) is 0.381. The van der Waals surface area contributed by atoms with E-state index < -0.39 is 11.6 Å². The van der Waals surface area contributed by atoms with Crippen LogP contribution in [0.15, 0.2) is 71.0 Å². The summed E-state index contributed by atoms with van der Waals surface area (Å²) in [5.74, 6) is 1.07. The van der Waals surface area contributed by atoms with Gasteiger partial charge in [0.2, 0.25) is 0 Å². The monoisotopic (exact) mass is 883 g/mol. The minimum Gasteiger partial charge on any atom is -0.493 e. The highest BCUT2D eigenvalue weighted by Gasteiger charge is 2.15. The van der Waals surface area contributed by atoms with Crippen LogP contribution < -0.4 is 35.8 Å². The molecule has 0 spiro atoms. The number of rotatable bonds is 15. The van der Waals surface area contributed by atoms with Gasteiger partial charge in [0.1, 0.15) is 29.5 Å². The lowest BCUT2D eigenvalue weighted by atomic mass is 10.1. The smallest absolute Gasteiger partial charge is 0.163 e. The molecule has 0 bridgehead atoms. The van der Waals surface area contributed by atoms with Gasteiger partial charge in [-0.15, -0.1) is 5.11 Å². The van der Waals surface area contributed by atoms with Crippen LogP contribution in [-0.2, 0) is 9.47 Å². The summed E-state index contributed by atoms with van der Waals surface area (Å²) in [7, 11) is 3.06. The van der Waals surface area contributed by atoms with Gasteiger partial charge in [0.25, 0.3) is 0 Å². The van der Waals surface area contributed by atoms with Crippen LogP contribution in [0, 0.1) is 34.3 Å². The number of hydrogen-bond donors (Lipinski definition) is 3. The second-order valence-electron chi connectivity index (χ2n) is 13.3. The van der Waals surface area contributed by atoms with Crippen LogP contribution >= 0.6 is 23.2 Å². The molecule has 2 fully saturated rings. The molecule has 2 saturated heterocycles. The van der Waals surface area contributed by atoms with Gasteiger partial charge in [0.15, 0.2) is 23.0 Å². The van der Waals surface area contributed by atoms with Crippen molar-refractivity contribution in [1.29, 1.82) is 10.5 Å². The number of nitrogens with one attached hydrogen (secondary N) is 1. The number of halogens is 4. The van der Waals surface area contributed by atoms with Crippen molar-refractivity contribution in [3.63, 3.8) is 0 Å². The van der Waals surface area contributed by atoms with Gasteiger partial charge in [0.05, 0.1) is 86.4 Å². The van der Waals surface area contributed by atoms with Gasteiger partial charge in [-0.3, -0.25) is 15.2 Å². The highest BCUT2D eigenvalue weighted by Crippen LogP contribution is 2.35. The van der Waals surface area contributed by atoms with Crippen molar-refractivity contribution in [3.05, 3.63) is 93.5 Å². The number of morpholine rings is 2. The van der Waals surface area contributed by atoms with Crippen molar-refractivity contribution in [2.45, 2.75) is 12.8 Å². The van der Waals surface area contributed by atoms with Gasteiger partial charge in [-0.1, -0.05) is 28.4 Å². The minimum absolute atomic E-state index is 0.0323. The molecule has 0 atom stereocenters. The summed E-state index contributed by atoms with van der Waals surface area (Å²) in [6.07, 6.45) is 1.76. The molecule has 2 heterocycles. The number of anilines is 3. The standard InChI is InChI=1S/C21H23ClFN5O3.C15H21N3O3.C6H5ClFN/c1-29-20-11-15(14-24)19(26-27-25-16-3-4-18(23)17(22)12-16)13-21(20)31-8-2-5-28-6-9-30-10-7-28;1-19-14-9-12(11-16)13(17)10-15(14)21-6-2-3-18-4-7-20-8-5-18;7-5-3-4(9)1-2-6(5)8/h3-4,11-13H,2,5-10H2,1H3,(H,25,26);9-10H,2-8,17H2,1H3;1-3H,9H2. The van der Waals surface area contributed by atoms with Crippen molar-refractivity contribution in [1.82, 2.24) is 9.80 Å². The molecule has 2 aliphatic heterocycles. The van der Waals surface area contributed by atoms with Gasteiger partial charge >= 0.3 is 0 Å². The lowest BCUT2D eigenvalue weighted by Gasteiger charge is -2.26. The van der Waals surface area contributed by atoms with Crippen LogP contribution in [0.1, 0.15) is 24.0 Å². The normalized spacial score (nSPS) is 14.0. The first-order chi connectivity index (χ1) is 29.5. The van der Waals surface area contributed by atoms with Crippen LogP contribution in [0.25, 0.3) is 0 Å². The zero-order valence-electron chi connectivity index (χ0n) is 34.0. The van der Waals surface area contributed by atoms with E-state index in [1.54, 1.807) is 31.4 Å². The Morgan fingerprint density at radius 2 is 1.21 bits per heavy atom. The highest BCUT2D eigenvalue weighted by atomic mass is 35.5. The number of hydrogen-bond acceptors (Lipinski definition) is 14. The Morgan fingerprint density at radius 1 is 0.705 bits per heavy atom. The van der Waals surface area contributed by atoms with Crippen molar-refractivity contribution in [2.24, 2.45) is 10.3 Å². The average molecular weight is 885 g/mol. The fourth-order valence-electron chi connectivity index (χ4n) is 5.74. The largest absolute Gasteiger partial charge is 0.493 e. The molecule has 0 unspecified atom stereocenters. The average Bonchev–Trinajstić information content (AvgIpc) is 3.27. The summed E-state index contributed by atoms with van der Waals surface area (Å²) in [4.78, 5) is 4.69. The zero-order valence-corrected chi connectivity index (χ0v) is 35.5. The van der Waals surface area contributed by atoms with E-state index in [-0.39, 0.29) is 15.6 Å². The van der Waals surface area contributed by atoms with Crippen LogP contribution in [-0.4, -0.2) is 103 Å². The molecule has 61 heavy (non-hydrogen) atoms. The molecule has 4 aromatic carbocycles. The Labute approximate surface area is 364 Å². The van der Waals surface area contributed by atoms with E-state index in [0.717, 1.165) is 78.5 Å². The minimum atomic E-state index is -0.526. The zero-order chi connectivity index (χ0) is 44.0. The van der Waals surface area contributed by atoms with Crippen molar-refractivity contribution >= 4 is 46.0 Å². The lowest BCUT2D eigenvalue weighted by molar-refractivity contribution is 0.0357. The van der Waals surface area contributed by atoms with Crippen LogP contribution in [0.3, 0.4) is 0 Å². The molecule has 15 nitrogen and oxygen atoms in total. The molecule has 5 N–H and O–H groups in total. The van der Waals surface area contributed by atoms with Crippen molar-refractivity contribution in [2.75, 3.05) is 110 Å². The Bertz CT molecular complexity index is 2130. The van der Waals surface area contributed by atoms with E-state index in [9.17, 15) is 14.0 Å². The maximum atomic E-state index is 13.2. The lowest BCUT2D eigenvalue weighted by Crippen LogP contribution is -2.37. The summed E-state index contributed by atoms with van der Waals surface area (Å²) in [6, 6.07) is 18.7. The molecule has 0 aliphatic carbocycles. The van der Waals surface area contributed by atoms with Gasteiger partial charge < -0.3 is 39.9 Å². The number of nitrogens with zero attached hydrogens (tertiary/aromatic N) is 6. The fourth-order valence-corrected chi connectivity index (χ4v) is 6.11. The molecular weight excluding hydrogens is 835 g/mol. The Hall–Kier alpha value is -5.66. The van der Waals surface area contributed by atoms with Gasteiger partial charge in [-0.2, -0.15) is 10.5 Å². The van der Waals surface area contributed by atoms with Gasteiger partial charge in [0, 0.05) is 69.2 Å². The predicted octanol–water partition coefficient (Wildman–Crippen LogP) is 7.88. The SMILES string of the molecule is COc1cc(C#N)c(N)cc1OCCCN1CCOCC1.COc1cc(C#N)c(N=NNc2ccc(F)c(Cl)c2)cc1OCCCN1CCOCC1.Nc1ccc(F)c(Cl)c1. The molecule has 4 aromatic rings. The van der Waals surface area contributed by atoms with E-state index in [2.05, 4.69) is 31.6 Å². The molecule has 326 valence electrons. The second kappa shape index (κ2) is 25.8.